The Morgan fingerprint density at radius 3 is 2.52 bits per heavy atom. The second-order valence-electron chi connectivity index (χ2n) is 5.83. The predicted molar refractivity (Wildman–Crippen MR) is 87.0 cm³/mol. The molecule has 1 N–H and O–H groups in total. The van der Waals surface area contributed by atoms with E-state index < -0.39 is 11.4 Å². The standard InChI is InChI=1S/C19H24O2/c1-2-3-4-8-13-19(18(20)21)14-11-17(12-15-19)16-9-6-5-7-10-16/h5-7,9-12,14H,2-4,8,13,15H2,1H3,(H,20,21). The summed E-state index contributed by atoms with van der Waals surface area (Å²) in [4.78, 5) is 11.7. The fourth-order valence-electron chi connectivity index (χ4n) is 2.84. The predicted octanol–water partition coefficient (Wildman–Crippen LogP) is 5.07. The number of hydrogen-bond donors (Lipinski definition) is 1. The molecule has 2 nitrogen and oxygen atoms in total. The summed E-state index contributed by atoms with van der Waals surface area (Å²) in [6, 6.07) is 10.1. The van der Waals surface area contributed by atoms with Crippen LogP contribution in [0.25, 0.3) is 5.57 Å². The first-order valence-electron chi connectivity index (χ1n) is 7.86. The maximum absolute atomic E-state index is 11.7. The third-order valence-electron chi connectivity index (χ3n) is 4.28. The van der Waals surface area contributed by atoms with Crippen LogP contribution in [-0.2, 0) is 4.79 Å². The minimum Gasteiger partial charge on any atom is -0.481 e. The molecule has 2 rings (SSSR count). The molecule has 0 aromatic heterocycles. The minimum atomic E-state index is -0.702. The van der Waals surface area contributed by atoms with E-state index in [-0.39, 0.29) is 0 Å². The fourth-order valence-corrected chi connectivity index (χ4v) is 2.84. The van der Waals surface area contributed by atoms with Gasteiger partial charge >= 0.3 is 5.97 Å². The third kappa shape index (κ3) is 3.84. The Hall–Kier alpha value is -1.83. The maximum Gasteiger partial charge on any atom is 0.313 e. The van der Waals surface area contributed by atoms with Gasteiger partial charge in [0.25, 0.3) is 0 Å². The molecule has 1 atom stereocenters. The topological polar surface area (TPSA) is 37.3 Å². The molecule has 0 amide bonds. The molecule has 2 heteroatoms. The van der Waals surface area contributed by atoms with Gasteiger partial charge in [-0.3, -0.25) is 4.79 Å². The fraction of sp³-hybridized carbons (Fsp3) is 0.421. The number of rotatable bonds is 7. The summed E-state index contributed by atoms with van der Waals surface area (Å²) in [5, 5.41) is 9.62. The van der Waals surface area contributed by atoms with E-state index >= 15 is 0 Å². The van der Waals surface area contributed by atoms with Crippen molar-refractivity contribution in [3.63, 3.8) is 0 Å². The van der Waals surface area contributed by atoms with Gasteiger partial charge in [-0.15, -0.1) is 0 Å². The van der Waals surface area contributed by atoms with E-state index in [0.717, 1.165) is 30.4 Å². The van der Waals surface area contributed by atoms with Crippen molar-refractivity contribution in [2.75, 3.05) is 0 Å². The molecule has 1 aliphatic carbocycles. The Balaban J connectivity index is 2.05. The first-order chi connectivity index (χ1) is 10.2. The first-order valence-corrected chi connectivity index (χ1v) is 7.86. The Labute approximate surface area is 127 Å². The van der Waals surface area contributed by atoms with Crippen molar-refractivity contribution in [1.29, 1.82) is 0 Å². The van der Waals surface area contributed by atoms with Crippen LogP contribution in [0.3, 0.4) is 0 Å². The second-order valence-corrected chi connectivity index (χ2v) is 5.83. The van der Waals surface area contributed by atoms with Gasteiger partial charge in [0.05, 0.1) is 5.41 Å². The van der Waals surface area contributed by atoms with Crippen molar-refractivity contribution in [3.05, 3.63) is 54.1 Å². The second kappa shape index (κ2) is 7.26. The molecule has 0 saturated heterocycles. The van der Waals surface area contributed by atoms with Gasteiger partial charge in [0.1, 0.15) is 0 Å². The number of allylic oxidation sites excluding steroid dienone is 3. The molecule has 0 fully saturated rings. The molecule has 0 spiro atoms. The van der Waals surface area contributed by atoms with E-state index in [1.54, 1.807) is 0 Å². The number of unbranched alkanes of at least 4 members (excludes halogenated alkanes) is 3. The van der Waals surface area contributed by atoms with Crippen molar-refractivity contribution < 1.29 is 9.90 Å². The average Bonchev–Trinajstić information content (AvgIpc) is 2.53. The molecule has 112 valence electrons. The van der Waals surface area contributed by atoms with Gasteiger partial charge in [0, 0.05) is 0 Å². The molecule has 1 aromatic carbocycles. The summed E-state index contributed by atoms with van der Waals surface area (Å²) in [6.45, 7) is 2.17. The smallest absolute Gasteiger partial charge is 0.313 e. The van der Waals surface area contributed by atoms with E-state index in [4.69, 9.17) is 0 Å². The maximum atomic E-state index is 11.7. The van der Waals surface area contributed by atoms with Gasteiger partial charge < -0.3 is 5.11 Å². The largest absolute Gasteiger partial charge is 0.481 e. The van der Waals surface area contributed by atoms with E-state index in [2.05, 4.69) is 25.1 Å². The van der Waals surface area contributed by atoms with Crippen LogP contribution in [0.2, 0.25) is 0 Å². The molecule has 1 aromatic rings. The average molecular weight is 284 g/mol. The van der Waals surface area contributed by atoms with Crippen LogP contribution >= 0.6 is 0 Å². The van der Waals surface area contributed by atoms with Gasteiger partial charge in [0.2, 0.25) is 0 Å². The third-order valence-corrected chi connectivity index (χ3v) is 4.28. The van der Waals surface area contributed by atoms with Crippen LogP contribution in [0.4, 0.5) is 0 Å². The molecule has 0 radical (unpaired) electrons. The van der Waals surface area contributed by atoms with Crippen molar-refractivity contribution >= 4 is 11.5 Å². The number of hydrogen-bond acceptors (Lipinski definition) is 1. The van der Waals surface area contributed by atoms with Gasteiger partial charge in [0.15, 0.2) is 0 Å². The number of aliphatic carboxylic acids is 1. The molecule has 0 bridgehead atoms. The summed E-state index contributed by atoms with van der Waals surface area (Å²) >= 11 is 0. The quantitative estimate of drug-likeness (QED) is 0.710. The van der Waals surface area contributed by atoms with Crippen LogP contribution < -0.4 is 0 Å². The highest BCUT2D eigenvalue weighted by Gasteiger charge is 2.35. The van der Waals surface area contributed by atoms with Gasteiger partial charge in [-0.1, -0.05) is 81.2 Å². The van der Waals surface area contributed by atoms with Crippen LogP contribution in [-0.4, -0.2) is 11.1 Å². The molecule has 1 unspecified atom stereocenters. The van der Waals surface area contributed by atoms with Crippen molar-refractivity contribution in [2.45, 2.75) is 45.4 Å². The molecule has 1 aliphatic rings. The van der Waals surface area contributed by atoms with E-state index in [1.807, 2.05) is 30.4 Å². The summed E-state index contributed by atoms with van der Waals surface area (Å²) in [6.07, 6.45) is 11.7. The first kappa shape index (κ1) is 15.6. The van der Waals surface area contributed by atoms with E-state index in [9.17, 15) is 9.90 Å². The van der Waals surface area contributed by atoms with Gasteiger partial charge in [-0.2, -0.15) is 0 Å². The highest BCUT2D eigenvalue weighted by molar-refractivity contribution is 5.83. The zero-order chi connectivity index (χ0) is 15.1. The van der Waals surface area contributed by atoms with Crippen LogP contribution in [0.5, 0.6) is 0 Å². The Morgan fingerprint density at radius 1 is 1.19 bits per heavy atom. The lowest BCUT2D eigenvalue weighted by molar-refractivity contribution is -0.146. The van der Waals surface area contributed by atoms with Crippen molar-refractivity contribution in [1.82, 2.24) is 0 Å². The van der Waals surface area contributed by atoms with Crippen molar-refractivity contribution in [3.8, 4) is 0 Å². The van der Waals surface area contributed by atoms with E-state index in [0.29, 0.717) is 6.42 Å². The van der Waals surface area contributed by atoms with Crippen LogP contribution in [0.1, 0.15) is 51.0 Å². The normalized spacial score (nSPS) is 21.1. The summed E-state index contributed by atoms with van der Waals surface area (Å²) in [7, 11) is 0. The molecular weight excluding hydrogens is 260 g/mol. The molecule has 0 heterocycles. The monoisotopic (exact) mass is 284 g/mol. The van der Waals surface area contributed by atoms with E-state index in [1.165, 1.54) is 12.8 Å². The summed E-state index contributed by atoms with van der Waals surface area (Å²) in [5.41, 5.74) is 1.58. The number of carboxylic acid groups (broad SMARTS) is 1. The van der Waals surface area contributed by atoms with Crippen molar-refractivity contribution in [2.24, 2.45) is 5.41 Å². The molecule has 21 heavy (non-hydrogen) atoms. The van der Waals surface area contributed by atoms with Crippen LogP contribution in [0.15, 0.2) is 48.6 Å². The lowest BCUT2D eigenvalue weighted by Gasteiger charge is -2.28. The Bertz CT molecular complexity index is 528. The summed E-state index contributed by atoms with van der Waals surface area (Å²) in [5.74, 6) is -0.696. The minimum absolute atomic E-state index is 0.592. The zero-order valence-electron chi connectivity index (χ0n) is 12.7. The highest BCUT2D eigenvalue weighted by Crippen LogP contribution is 2.37. The number of benzene rings is 1. The zero-order valence-corrected chi connectivity index (χ0v) is 12.7. The van der Waals surface area contributed by atoms with Gasteiger partial charge in [-0.25, -0.2) is 0 Å². The Morgan fingerprint density at radius 2 is 1.95 bits per heavy atom. The SMILES string of the molecule is CCCCCCC1(C(=O)O)C=CC(c2ccccc2)=CC1. The lowest BCUT2D eigenvalue weighted by atomic mass is 9.75. The Kier molecular flexibility index (Phi) is 5.38. The number of carbonyl (C=O) groups is 1. The molecule has 0 saturated carbocycles. The highest BCUT2D eigenvalue weighted by atomic mass is 16.4. The summed E-state index contributed by atoms with van der Waals surface area (Å²) < 4.78 is 0. The van der Waals surface area contributed by atoms with Gasteiger partial charge in [-0.05, 0) is 24.0 Å². The lowest BCUT2D eigenvalue weighted by Crippen LogP contribution is -2.29. The van der Waals surface area contributed by atoms with Crippen LogP contribution in [0, 0.1) is 5.41 Å². The molecule has 0 aliphatic heterocycles. The molecular formula is C19H24O2. The number of carboxylic acids is 1.